The molecule has 0 bridgehead atoms. The SMILES string of the molecule is C=CC(=O)Oc1cc(-c2cc3nc(OC[C@@H]4CCCN4C)nc(N4CCN(C(=O)C=C)CC4)c3cn2)c2c(c1)=CCCC=2. The number of amides is 1. The Bertz CT molecular complexity index is 1710. The number of pyridine rings is 1. The molecule has 3 aliphatic rings. The number of hydrogen-bond acceptors (Lipinski definition) is 9. The summed E-state index contributed by atoms with van der Waals surface area (Å²) in [7, 11) is 2.12. The van der Waals surface area contributed by atoms with Crippen molar-refractivity contribution < 1.29 is 19.1 Å². The molecule has 2 aliphatic heterocycles. The highest BCUT2D eigenvalue weighted by molar-refractivity contribution is 5.92. The number of rotatable bonds is 8. The van der Waals surface area contributed by atoms with Crippen LogP contribution in [0, 0.1) is 0 Å². The van der Waals surface area contributed by atoms with Gasteiger partial charge in [-0.25, -0.2) is 4.79 Å². The Morgan fingerprint density at radius 1 is 1.02 bits per heavy atom. The Hall–Kier alpha value is -4.57. The van der Waals surface area contributed by atoms with Crippen molar-refractivity contribution in [2.75, 3.05) is 51.3 Å². The van der Waals surface area contributed by atoms with E-state index < -0.39 is 5.97 Å². The normalized spacial score (nSPS) is 18.4. The molecule has 2 aromatic heterocycles. The van der Waals surface area contributed by atoms with Crippen LogP contribution in [0.15, 0.2) is 49.7 Å². The topological polar surface area (TPSA) is 101 Å². The average molecular weight is 581 g/mol. The summed E-state index contributed by atoms with van der Waals surface area (Å²) in [6.07, 6.45) is 12.7. The fourth-order valence-electron chi connectivity index (χ4n) is 6.01. The Morgan fingerprint density at radius 2 is 1.84 bits per heavy atom. The summed E-state index contributed by atoms with van der Waals surface area (Å²) in [6, 6.07) is 6.31. The molecule has 0 spiro atoms. The first-order valence-electron chi connectivity index (χ1n) is 14.8. The molecule has 6 rings (SSSR count). The third kappa shape index (κ3) is 6.01. The molecule has 1 aromatic carbocycles. The van der Waals surface area contributed by atoms with Crippen molar-refractivity contribution in [1.29, 1.82) is 0 Å². The van der Waals surface area contributed by atoms with Crippen LogP contribution in [-0.4, -0.2) is 89.0 Å². The summed E-state index contributed by atoms with van der Waals surface area (Å²) in [5, 5.41) is 2.85. The highest BCUT2D eigenvalue weighted by Crippen LogP contribution is 2.30. The molecule has 43 heavy (non-hydrogen) atoms. The predicted octanol–water partition coefficient (Wildman–Crippen LogP) is 2.45. The molecule has 10 heteroatoms. The smallest absolute Gasteiger partial charge is 0.335 e. The number of esters is 1. The van der Waals surface area contributed by atoms with Crippen LogP contribution in [0.4, 0.5) is 5.82 Å². The van der Waals surface area contributed by atoms with Crippen LogP contribution in [0.3, 0.4) is 0 Å². The molecule has 0 saturated carbocycles. The Kier molecular flexibility index (Phi) is 8.20. The second-order valence-corrected chi connectivity index (χ2v) is 11.1. The van der Waals surface area contributed by atoms with Gasteiger partial charge in [-0.15, -0.1) is 0 Å². The van der Waals surface area contributed by atoms with Crippen LogP contribution in [0.5, 0.6) is 11.8 Å². The average Bonchev–Trinajstić information content (AvgIpc) is 3.46. The van der Waals surface area contributed by atoms with Gasteiger partial charge in [-0.05, 0) is 74.0 Å². The first kappa shape index (κ1) is 28.5. The molecule has 0 N–H and O–H groups in total. The number of likely N-dealkylation sites (tertiary alicyclic amines) is 1. The zero-order valence-electron chi connectivity index (χ0n) is 24.5. The molecular formula is C33H36N6O4. The molecule has 4 heterocycles. The van der Waals surface area contributed by atoms with E-state index in [1.165, 1.54) is 6.08 Å². The van der Waals surface area contributed by atoms with Crippen LogP contribution in [0.25, 0.3) is 34.3 Å². The van der Waals surface area contributed by atoms with Crippen LogP contribution < -0.4 is 24.8 Å². The zero-order valence-corrected chi connectivity index (χ0v) is 24.5. The number of nitrogens with zero attached hydrogens (tertiary/aromatic N) is 6. The Balaban J connectivity index is 1.41. The third-order valence-corrected chi connectivity index (χ3v) is 8.41. The zero-order chi connectivity index (χ0) is 29.9. The Morgan fingerprint density at radius 3 is 2.58 bits per heavy atom. The number of hydrogen-bond donors (Lipinski definition) is 0. The first-order chi connectivity index (χ1) is 20.9. The molecule has 222 valence electrons. The van der Waals surface area contributed by atoms with Crippen LogP contribution in [0.2, 0.25) is 0 Å². The number of carbonyl (C=O) groups excluding carboxylic acids is 2. The number of piperazine rings is 1. The fourth-order valence-corrected chi connectivity index (χ4v) is 6.01. The van der Waals surface area contributed by atoms with E-state index in [0.717, 1.165) is 65.5 Å². The van der Waals surface area contributed by atoms with Gasteiger partial charge in [0.2, 0.25) is 5.91 Å². The number of ether oxygens (including phenoxy) is 2. The lowest BCUT2D eigenvalue weighted by molar-refractivity contribution is -0.129. The van der Waals surface area contributed by atoms with Gasteiger partial charge in [-0.3, -0.25) is 9.78 Å². The lowest BCUT2D eigenvalue weighted by Gasteiger charge is -2.35. The number of aromatic nitrogens is 3. The highest BCUT2D eigenvalue weighted by Gasteiger charge is 2.25. The van der Waals surface area contributed by atoms with Crippen LogP contribution in [0.1, 0.15) is 25.7 Å². The van der Waals surface area contributed by atoms with Gasteiger partial charge in [-0.1, -0.05) is 25.3 Å². The van der Waals surface area contributed by atoms with Crippen LogP contribution in [-0.2, 0) is 9.59 Å². The summed E-state index contributed by atoms with van der Waals surface area (Å²) in [6.45, 7) is 11.1. The number of carbonyl (C=O) groups is 2. The molecule has 0 unspecified atom stereocenters. The van der Waals surface area contributed by atoms with E-state index in [2.05, 4.69) is 42.2 Å². The predicted molar refractivity (Wildman–Crippen MR) is 166 cm³/mol. The van der Waals surface area contributed by atoms with Crippen molar-refractivity contribution in [2.24, 2.45) is 0 Å². The van der Waals surface area contributed by atoms with Crippen molar-refractivity contribution in [1.82, 2.24) is 24.8 Å². The van der Waals surface area contributed by atoms with Crippen molar-refractivity contribution >= 4 is 40.7 Å². The maximum atomic E-state index is 12.2. The lowest BCUT2D eigenvalue weighted by Crippen LogP contribution is -2.48. The van der Waals surface area contributed by atoms with E-state index >= 15 is 0 Å². The molecule has 10 nitrogen and oxygen atoms in total. The minimum atomic E-state index is -0.515. The van der Waals surface area contributed by atoms with Crippen molar-refractivity contribution in [3.05, 3.63) is 60.1 Å². The van der Waals surface area contributed by atoms with Crippen LogP contribution >= 0.6 is 0 Å². The lowest BCUT2D eigenvalue weighted by atomic mass is 10.00. The first-order valence-corrected chi connectivity index (χ1v) is 14.8. The van der Waals surface area contributed by atoms with E-state index in [1.54, 1.807) is 11.1 Å². The summed E-state index contributed by atoms with van der Waals surface area (Å²) in [5.74, 6) is 0.591. The van der Waals surface area contributed by atoms with Gasteiger partial charge in [0.05, 0.1) is 16.6 Å². The largest absolute Gasteiger partial charge is 0.462 e. The second-order valence-electron chi connectivity index (χ2n) is 11.1. The van der Waals surface area contributed by atoms with Gasteiger partial charge in [0.15, 0.2) is 0 Å². The molecular weight excluding hydrogens is 544 g/mol. The van der Waals surface area contributed by atoms with E-state index in [4.69, 9.17) is 24.4 Å². The van der Waals surface area contributed by atoms with Gasteiger partial charge in [0.25, 0.3) is 0 Å². The standard InChI is InChI=1S/C33H36N6O4/c1-4-30(40)38-13-15-39(16-14-38)32-27-20-34-28(19-29(27)35-33(36-32)42-21-23-10-8-12-37(23)3)26-18-24(43-31(41)5-2)17-22-9-6-7-11-25(22)26/h4-5,9,11,17-20,23H,1-2,6-8,10,12-16,21H2,3H3/t23-/m0/s1. The molecule has 0 radical (unpaired) electrons. The maximum absolute atomic E-state index is 12.2. The van der Waals surface area contributed by atoms with Gasteiger partial charge in [0, 0.05) is 50.1 Å². The minimum absolute atomic E-state index is 0.0680. The van der Waals surface area contributed by atoms with E-state index in [0.29, 0.717) is 61.8 Å². The molecule has 2 saturated heterocycles. The molecule has 1 amide bonds. The van der Waals surface area contributed by atoms with Gasteiger partial charge < -0.3 is 24.2 Å². The van der Waals surface area contributed by atoms with E-state index in [-0.39, 0.29) is 5.91 Å². The summed E-state index contributed by atoms with van der Waals surface area (Å²) >= 11 is 0. The van der Waals surface area contributed by atoms with Crippen molar-refractivity contribution in [2.45, 2.75) is 31.7 Å². The van der Waals surface area contributed by atoms with Crippen molar-refractivity contribution in [3.8, 4) is 23.0 Å². The number of fused-ring (bicyclic) bond motifs is 2. The number of benzene rings is 1. The summed E-state index contributed by atoms with van der Waals surface area (Å²) in [5.41, 5.74) is 2.27. The quantitative estimate of drug-likeness (QED) is 0.226. The summed E-state index contributed by atoms with van der Waals surface area (Å²) < 4.78 is 11.7. The van der Waals surface area contributed by atoms with E-state index in [9.17, 15) is 9.59 Å². The molecule has 2 fully saturated rings. The Labute approximate surface area is 250 Å². The summed E-state index contributed by atoms with van der Waals surface area (Å²) in [4.78, 5) is 45.0. The van der Waals surface area contributed by atoms with Crippen molar-refractivity contribution in [3.63, 3.8) is 0 Å². The number of anilines is 1. The highest BCUT2D eigenvalue weighted by atomic mass is 16.5. The molecule has 1 atom stereocenters. The van der Waals surface area contributed by atoms with Gasteiger partial charge in [0.1, 0.15) is 18.2 Å². The minimum Gasteiger partial charge on any atom is -0.462 e. The number of likely N-dealkylation sites (N-methyl/N-ethyl adjacent to an activating group) is 1. The second kappa shape index (κ2) is 12.3. The molecule has 1 aliphatic carbocycles. The van der Waals surface area contributed by atoms with E-state index in [1.807, 2.05) is 18.2 Å². The maximum Gasteiger partial charge on any atom is 0.335 e. The fraction of sp³-hybridized carbons (Fsp3) is 0.364. The van der Waals surface area contributed by atoms with Gasteiger partial charge in [-0.2, -0.15) is 9.97 Å². The van der Waals surface area contributed by atoms with Gasteiger partial charge >= 0.3 is 12.0 Å². The molecule has 3 aromatic rings. The third-order valence-electron chi connectivity index (χ3n) is 8.41. The monoisotopic (exact) mass is 580 g/mol.